The van der Waals surface area contributed by atoms with Crippen LogP contribution in [-0.2, 0) is 16.6 Å². The minimum absolute atomic E-state index is 0.0391. The van der Waals surface area contributed by atoms with Crippen LogP contribution in [0.15, 0.2) is 39.8 Å². The van der Waals surface area contributed by atoms with Crippen molar-refractivity contribution in [3.8, 4) is 0 Å². The minimum Gasteiger partial charge on any atom is -0.446 e. The molecule has 2 rings (SSSR count). The lowest BCUT2D eigenvalue weighted by Crippen LogP contribution is -2.21. The zero-order valence-corrected chi connectivity index (χ0v) is 15.0. The van der Waals surface area contributed by atoms with Crippen LogP contribution < -0.4 is 5.32 Å². The van der Waals surface area contributed by atoms with E-state index >= 15 is 0 Å². The lowest BCUT2D eigenvalue weighted by atomic mass is 10.2. The number of rotatable bonds is 5. The Morgan fingerprint density at radius 3 is 2.57 bits per heavy atom. The quantitative estimate of drug-likeness (QED) is 0.756. The van der Waals surface area contributed by atoms with E-state index in [9.17, 15) is 8.42 Å². The van der Waals surface area contributed by atoms with Crippen LogP contribution >= 0.6 is 22.6 Å². The molecule has 1 aromatic heterocycles. The first-order valence-corrected chi connectivity index (χ1v) is 8.84. The fourth-order valence-electron chi connectivity index (χ4n) is 1.66. The molecule has 2 aromatic rings. The number of aryl methyl sites for hydroxylation is 1. The van der Waals surface area contributed by atoms with Gasteiger partial charge in [-0.3, -0.25) is 0 Å². The average Bonchev–Trinajstić information content (AvgIpc) is 2.89. The zero-order valence-electron chi connectivity index (χ0n) is 12.1. The Morgan fingerprint density at radius 2 is 1.95 bits per heavy atom. The molecular weight excluding hydrogens is 403 g/mol. The molecule has 1 N–H and O–H groups in total. The number of halogens is 1. The van der Waals surface area contributed by atoms with Crippen LogP contribution in [0.2, 0.25) is 0 Å². The largest absolute Gasteiger partial charge is 0.446 e. The number of nitrogens with one attached hydrogen (secondary N) is 1. The van der Waals surface area contributed by atoms with Crippen LogP contribution in [0.1, 0.15) is 11.3 Å². The number of nitrogens with zero attached hydrogens (tertiary/aromatic N) is 1. The number of anilines is 1. The summed E-state index contributed by atoms with van der Waals surface area (Å²) in [4.78, 5) is 0. The lowest BCUT2D eigenvalue weighted by Gasteiger charge is -2.08. The molecule has 21 heavy (non-hydrogen) atoms. The molecule has 0 aliphatic carbocycles. The van der Waals surface area contributed by atoms with E-state index in [-0.39, 0.29) is 5.09 Å². The van der Waals surface area contributed by atoms with E-state index in [4.69, 9.17) is 4.42 Å². The lowest BCUT2D eigenvalue weighted by molar-refractivity contribution is 0.402. The average molecular weight is 420 g/mol. The third-order valence-electron chi connectivity index (χ3n) is 3.01. The Bertz CT molecular complexity index is 738. The Labute approximate surface area is 138 Å². The first-order valence-electron chi connectivity index (χ1n) is 6.32. The number of hydrogen-bond acceptors (Lipinski definition) is 4. The van der Waals surface area contributed by atoms with Crippen molar-refractivity contribution in [2.45, 2.75) is 18.6 Å². The van der Waals surface area contributed by atoms with Crippen LogP contribution in [0.25, 0.3) is 0 Å². The van der Waals surface area contributed by atoms with Crippen LogP contribution in [0, 0.1) is 10.5 Å². The van der Waals surface area contributed by atoms with Gasteiger partial charge in [-0.1, -0.05) is 6.07 Å². The van der Waals surface area contributed by atoms with Gasteiger partial charge in [0.25, 0.3) is 10.0 Å². The molecule has 0 spiro atoms. The highest BCUT2D eigenvalue weighted by Gasteiger charge is 2.21. The van der Waals surface area contributed by atoms with Crippen molar-refractivity contribution in [2.75, 3.05) is 19.4 Å². The molecule has 0 saturated carbocycles. The van der Waals surface area contributed by atoms with Crippen molar-refractivity contribution < 1.29 is 12.8 Å². The summed E-state index contributed by atoms with van der Waals surface area (Å²) < 4.78 is 31.5. The van der Waals surface area contributed by atoms with E-state index in [2.05, 4.69) is 34.8 Å². The van der Waals surface area contributed by atoms with Crippen molar-refractivity contribution in [1.29, 1.82) is 0 Å². The molecule has 7 heteroatoms. The molecule has 0 aliphatic heterocycles. The second-order valence-corrected chi connectivity index (χ2v) is 8.07. The van der Waals surface area contributed by atoms with E-state index in [0.717, 1.165) is 9.99 Å². The fourth-order valence-corrected chi connectivity index (χ4v) is 2.99. The Morgan fingerprint density at radius 1 is 1.24 bits per heavy atom. The summed E-state index contributed by atoms with van der Waals surface area (Å²) in [5, 5.41) is 3.18. The summed E-state index contributed by atoms with van der Waals surface area (Å²) in [6.45, 7) is 2.48. The van der Waals surface area contributed by atoms with Crippen molar-refractivity contribution in [1.82, 2.24) is 4.31 Å². The van der Waals surface area contributed by atoms with Gasteiger partial charge in [0.15, 0.2) is 0 Å². The normalized spacial score (nSPS) is 11.9. The maximum atomic E-state index is 11.9. The Hall–Kier alpha value is -1.06. The van der Waals surface area contributed by atoms with Crippen LogP contribution in [0.3, 0.4) is 0 Å². The van der Waals surface area contributed by atoms with E-state index < -0.39 is 10.0 Å². The summed E-state index contributed by atoms with van der Waals surface area (Å²) in [7, 11) is -0.561. The topological polar surface area (TPSA) is 62.6 Å². The molecular formula is C14H17IN2O3S. The van der Waals surface area contributed by atoms with E-state index in [1.54, 1.807) is 6.07 Å². The summed E-state index contributed by atoms with van der Waals surface area (Å²) >= 11 is 2.28. The van der Waals surface area contributed by atoms with Gasteiger partial charge < -0.3 is 9.73 Å². The summed E-state index contributed by atoms with van der Waals surface area (Å²) in [5.74, 6) is 0.575. The highest BCUT2D eigenvalue weighted by Crippen LogP contribution is 2.20. The third-order valence-corrected chi connectivity index (χ3v) is 5.86. The number of hydrogen-bond donors (Lipinski definition) is 1. The van der Waals surface area contributed by atoms with Crippen molar-refractivity contribution in [3.05, 3.63) is 45.2 Å². The molecule has 0 radical (unpaired) electrons. The molecule has 0 atom stereocenters. The van der Waals surface area contributed by atoms with Crippen molar-refractivity contribution in [3.63, 3.8) is 0 Å². The molecule has 0 bridgehead atoms. The first-order chi connectivity index (χ1) is 9.80. The van der Waals surface area contributed by atoms with Gasteiger partial charge in [0, 0.05) is 23.4 Å². The standard InChI is InChI=1S/C14H17IN2O3S/c1-10-4-5-11(8-13(10)15)16-9-12-6-7-14(20-12)21(18,19)17(2)3/h4-8,16H,9H2,1-3H3. The zero-order chi connectivity index (χ0) is 15.6. The molecule has 0 saturated heterocycles. The number of benzene rings is 1. The Balaban J connectivity index is 2.08. The molecule has 0 amide bonds. The molecule has 1 heterocycles. The molecule has 1 aromatic carbocycles. The van der Waals surface area contributed by atoms with Crippen molar-refractivity contribution in [2.24, 2.45) is 0 Å². The van der Waals surface area contributed by atoms with Crippen LogP contribution in [0.4, 0.5) is 5.69 Å². The van der Waals surface area contributed by atoms with Gasteiger partial charge in [-0.25, -0.2) is 12.7 Å². The first kappa shape index (κ1) is 16.3. The molecule has 0 unspecified atom stereocenters. The van der Waals surface area contributed by atoms with E-state index in [0.29, 0.717) is 12.3 Å². The maximum absolute atomic E-state index is 11.9. The predicted molar refractivity (Wildman–Crippen MR) is 90.8 cm³/mol. The van der Waals surface area contributed by atoms with Gasteiger partial charge in [-0.2, -0.15) is 0 Å². The molecule has 0 aliphatic rings. The molecule has 0 fully saturated rings. The van der Waals surface area contributed by atoms with E-state index in [1.165, 1.54) is 29.3 Å². The third kappa shape index (κ3) is 3.78. The van der Waals surface area contributed by atoms with Gasteiger partial charge >= 0.3 is 0 Å². The maximum Gasteiger partial charge on any atom is 0.275 e. The highest BCUT2D eigenvalue weighted by molar-refractivity contribution is 14.1. The second kappa shape index (κ2) is 6.37. The van der Waals surface area contributed by atoms with Gasteiger partial charge in [0.1, 0.15) is 5.76 Å². The molecule has 5 nitrogen and oxygen atoms in total. The van der Waals surface area contributed by atoms with E-state index in [1.807, 2.05) is 18.2 Å². The Kier molecular flexibility index (Phi) is 4.95. The highest BCUT2D eigenvalue weighted by atomic mass is 127. The van der Waals surface area contributed by atoms with Gasteiger partial charge in [0.05, 0.1) is 6.54 Å². The summed E-state index contributed by atoms with van der Waals surface area (Å²) in [5.41, 5.74) is 2.19. The van der Waals surface area contributed by atoms with Gasteiger partial charge in [0.2, 0.25) is 5.09 Å². The van der Waals surface area contributed by atoms with Gasteiger partial charge in [-0.15, -0.1) is 0 Å². The monoisotopic (exact) mass is 420 g/mol. The second-order valence-electron chi connectivity index (χ2n) is 4.83. The smallest absolute Gasteiger partial charge is 0.275 e. The number of furan rings is 1. The predicted octanol–water partition coefficient (Wildman–Crippen LogP) is 3.06. The minimum atomic E-state index is -3.51. The van der Waals surface area contributed by atoms with Crippen LogP contribution in [-0.4, -0.2) is 26.8 Å². The fraction of sp³-hybridized carbons (Fsp3) is 0.286. The SMILES string of the molecule is Cc1ccc(NCc2ccc(S(=O)(=O)N(C)C)o2)cc1I. The summed E-state index contributed by atoms with van der Waals surface area (Å²) in [6, 6.07) is 9.20. The van der Waals surface area contributed by atoms with Crippen molar-refractivity contribution >= 4 is 38.3 Å². The number of sulfonamides is 1. The molecule has 114 valence electrons. The van der Waals surface area contributed by atoms with Crippen LogP contribution in [0.5, 0.6) is 0 Å². The summed E-state index contributed by atoms with van der Waals surface area (Å²) in [6.07, 6.45) is 0. The van der Waals surface area contributed by atoms with Gasteiger partial charge in [-0.05, 0) is 59.3 Å².